The third-order valence-corrected chi connectivity index (χ3v) is 1.19. The lowest BCUT2D eigenvalue weighted by atomic mass is 10.3. The van der Waals surface area contributed by atoms with Crippen molar-refractivity contribution in [2.45, 2.75) is 13.3 Å². The number of hydrogen-bond acceptors (Lipinski definition) is 3. The number of aromatic amines is 1. The van der Waals surface area contributed by atoms with Crippen molar-refractivity contribution in [3.63, 3.8) is 0 Å². The third-order valence-electron chi connectivity index (χ3n) is 1.19. The largest absolute Gasteiger partial charge is 0.345 e. The molecule has 0 atom stereocenters. The molecule has 1 rings (SSSR count). The minimum Gasteiger partial charge on any atom is -0.310 e. The molecule has 4 heteroatoms. The van der Waals surface area contributed by atoms with Crippen LogP contribution in [0.4, 0.5) is 0 Å². The predicted molar refractivity (Wildman–Crippen MR) is 38.9 cm³/mol. The standard InChI is InChI=1S/C7H7N3O/c1-5-4-6(2-3-8)10-7(11)9-5/h4H,2H2,1H3,(H,9,10,11). The van der Waals surface area contributed by atoms with Gasteiger partial charge in [-0.1, -0.05) is 0 Å². The van der Waals surface area contributed by atoms with Crippen LogP contribution in [0.1, 0.15) is 11.4 Å². The van der Waals surface area contributed by atoms with Crippen molar-refractivity contribution in [2.24, 2.45) is 0 Å². The molecule has 0 aromatic carbocycles. The van der Waals surface area contributed by atoms with Crippen molar-refractivity contribution < 1.29 is 0 Å². The molecular formula is C7H7N3O. The summed E-state index contributed by atoms with van der Waals surface area (Å²) in [5.74, 6) is 0. The third kappa shape index (κ3) is 1.90. The van der Waals surface area contributed by atoms with Crippen molar-refractivity contribution in [2.75, 3.05) is 0 Å². The number of H-pyrrole nitrogens is 1. The second kappa shape index (κ2) is 2.97. The maximum atomic E-state index is 10.7. The number of aromatic nitrogens is 2. The topological polar surface area (TPSA) is 69.5 Å². The summed E-state index contributed by atoms with van der Waals surface area (Å²) in [4.78, 5) is 16.8. The van der Waals surface area contributed by atoms with Crippen LogP contribution in [0.2, 0.25) is 0 Å². The average molecular weight is 149 g/mol. The number of aryl methyl sites for hydroxylation is 1. The van der Waals surface area contributed by atoms with Crippen molar-refractivity contribution in [3.8, 4) is 6.07 Å². The van der Waals surface area contributed by atoms with Gasteiger partial charge in [-0.2, -0.15) is 10.2 Å². The molecule has 1 aromatic heterocycles. The van der Waals surface area contributed by atoms with E-state index < -0.39 is 5.69 Å². The molecule has 11 heavy (non-hydrogen) atoms. The molecule has 0 bridgehead atoms. The van der Waals surface area contributed by atoms with E-state index in [4.69, 9.17) is 5.26 Å². The Kier molecular flexibility index (Phi) is 2.02. The quantitative estimate of drug-likeness (QED) is 0.617. The SMILES string of the molecule is Cc1cc(CC#N)nc(=O)[nH]1. The van der Waals surface area contributed by atoms with E-state index in [-0.39, 0.29) is 6.42 Å². The van der Waals surface area contributed by atoms with Crippen molar-refractivity contribution in [1.82, 2.24) is 9.97 Å². The number of nitrogens with one attached hydrogen (secondary N) is 1. The first kappa shape index (κ1) is 7.48. The zero-order valence-electron chi connectivity index (χ0n) is 6.09. The smallest absolute Gasteiger partial charge is 0.310 e. The fourth-order valence-corrected chi connectivity index (χ4v) is 0.817. The Morgan fingerprint density at radius 2 is 2.55 bits per heavy atom. The van der Waals surface area contributed by atoms with Gasteiger partial charge in [0.15, 0.2) is 0 Å². The lowest BCUT2D eigenvalue weighted by Crippen LogP contribution is -2.13. The monoisotopic (exact) mass is 149 g/mol. The van der Waals surface area contributed by atoms with Crippen LogP contribution < -0.4 is 5.69 Å². The second-order valence-corrected chi connectivity index (χ2v) is 2.20. The van der Waals surface area contributed by atoms with Crippen LogP contribution in [-0.2, 0) is 6.42 Å². The minimum absolute atomic E-state index is 0.185. The van der Waals surface area contributed by atoms with Gasteiger partial charge in [0.05, 0.1) is 18.2 Å². The van der Waals surface area contributed by atoms with E-state index >= 15 is 0 Å². The predicted octanol–water partition coefficient (Wildman–Crippen LogP) is 0.144. The first-order valence-electron chi connectivity index (χ1n) is 3.16. The van der Waals surface area contributed by atoms with Crippen LogP contribution in [-0.4, -0.2) is 9.97 Å². The summed E-state index contributed by atoms with van der Waals surface area (Å²) >= 11 is 0. The number of nitriles is 1. The van der Waals surface area contributed by atoms with Gasteiger partial charge in [-0.05, 0) is 13.0 Å². The zero-order chi connectivity index (χ0) is 8.27. The molecular weight excluding hydrogens is 142 g/mol. The van der Waals surface area contributed by atoms with E-state index in [1.54, 1.807) is 13.0 Å². The lowest BCUT2D eigenvalue weighted by molar-refractivity contribution is 0.963. The molecule has 0 fully saturated rings. The molecule has 1 aromatic rings. The number of nitrogens with zero attached hydrogens (tertiary/aromatic N) is 2. The molecule has 1 heterocycles. The van der Waals surface area contributed by atoms with Gasteiger partial charge in [-0.15, -0.1) is 0 Å². The highest BCUT2D eigenvalue weighted by molar-refractivity contribution is 5.10. The fourth-order valence-electron chi connectivity index (χ4n) is 0.817. The summed E-state index contributed by atoms with van der Waals surface area (Å²) in [6, 6.07) is 3.61. The summed E-state index contributed by atoms with van der Waals surface area (Å²) in [5, 5.41) is 8.30. The Hall–Kier alpha value is -1.63. The van der Waals surface area contributed by atoms with E-state index in [1.165, 1.54) is 0 Å². The Morgan fingerprint density at radius 1 is 1.82 bits per heavy atom. The molecule has 1 N–H and O–H groups in total. The van der Waals surface area contributed by atoms with Gasteiger partial charge in [0, 0.05) is 5.69 Å². The first-order chi connectivity index (χ1) is 5.22. The van der Waals surface area contributed by atoms with Gasteiger partial charge < -0.3 is 4.98 Å². The van der Waals surface area contributed by atoms with Crippen molar-refractivity contribution >= 4 is 0 Å². The summed E-state index contributed by atoms with van der Waals surface area (Å²) in [6.07, 6.45) is 0.185. The molecule has 0 unspecified atom stereocenters. The summed E-state index contributed by atoms with van der Waals surface area (Å²) in [7, 11) is 0. The molecule has 0 aliphatic heterocycles. The highest BCUT2D eigenvalue weighted by Crippen LogP contribution is 1.93. The van der Waals surface area contributed by atoms with Crippen LogP contribution in [0.5, 0.6) is 0 Å². The summed E-state index contributed by atoms with van der Waals surface area (Å²) < 4.78 is 0. The highest BCUT2D eigenvalue weighted by atomic mass is 16.1. The van der Waals surface area contributed by atoms with Crippen LogP contribution in [0.3, 0.4) is 0 Å². The average Bonchev–Trinajstić information content (AvgIpc) is 1.85. The van der Waals surface area contributed by atoms with Gasteiger partial charge in [-0.25, -0.2) is 4.79 Å². The molecule has 0 spiro atoms. The minimum atomic E-state index is -0.393. The van der Waals surface area contributed by atoms with Crippen LogP contribution in [0.15, 0.2) is 10.9 Å². The van der Waals surface area contributed by atoms with E-state index in [0.29, 0.717) is 5.69 Å². The van der Waals surface area contributed by atoms with Crippen LogP contribution >= 0.6 is 0 Å². The second-order valence-electron chi connectivity index (χ2n) is 2.20. The molecule has 0 radical (unpaired) electrons. The molecule has 0 aliphatic carbocycles. The Bertz CT molecular complexity index is 347. The van der Waals surface area contributed by atoms with E-state index in [2.05, 4.69) is 9.97 Å². The molecule has 0 amide bonds. The number of hydrogen-bond donors (Lipinski definition) is 1. The van der Waals surface area contributed by atoms with E-state index in [9.17, 15) is 4.79 Å². The molecule has 0 aliphatic rings. The van der Waals surface area contributed by atoms with Gasteiger partial charge >= 0.3 is 5.69 Å². The van der Waals surface area contributed by atoms with Gasteiger partial charge in [0.2, 0.25) is 0 Å². The van der Waals surface area contributed by atoms with E-state index in [1.807, 2.05) is 6.07 Å². The first-order valence-corrected chi connectivity index (χ1v) is 3.16. The van der Waals surface area contributed by atoms with Gasteiger partial charge in [0.1, 0.15) is 0 Å². The molecule has 0 saturated carbocycles. The Morgan fingerprint density at radius 3 is 3.09 bits per heavy atom. The lowest BCUT2D eigenvalue weighted by Gasteiger charge is -1.93. The maximum Gasteiger partial charge on any atom is 0.345 e. The molecule has 4 nitrogen and oxygen atoms in total. The number of rotatable bonds is 1. The fraction of sp³-hybridized carbons (Fsp3) is 0.286. The normalized spacial score (nSPS) is 9.09. The Balaban J connectivity index is 3.11. The molecule has 56 valence electrons. The Labute approximate surface area is 63.5 Å². The van der Waals surface area contributed by atoms with Gasteiger partial charge in [-0.3, -0.25) is 0 Å². The van der Waals surface area contributed by atoms with Crippen molar-refractivity contribution in [1.29, 1.82) is 5.26 Å². The van der Waals surface area contributed by atoms with Crippen molar-refractivity contribution in [3.05, 3.63) is 27.9 Å². The highest BCUT2D eigenvalue weighted by Gasteiger charge is 1.95. The van der Waals surface area contributed by atoms with Crippen LogP contribution in [0, 0.1) is 18.3 Å². The summed E-state index contributed by atoms with van der Waals surface area (Å²) in [6.45, 7) is 1.75. The van der Waals surface area contributed by atoms with Gasteiger partial charge in [0.25, 0.3) is 0 Å². The summed E-state index contributed by atoms with van der Waals surface area (Å²) in [5.41, 5.74) is 0.860. The van der Waals surface area contributed by atoms with Crippen LogP contribution in [0.25, 0.3) is 0 Å². The zero-order valence-corrected chi connectivity index (χ0v) is 6.09. The van der Waals surface area contributed by atoms with E-state index in [0.717, 1.165) is 5.69 Å². The molecule has 0 saturated heterocycles. The maximum absolute atomic E-state index is 10.7.